The lowest BCUT2D eigenvalue weighted by molar-refractivity contribution is 1.17. The van der Waals surface area contributed by atoms with Crippen LogP contribution in [0.5, 0.6) is 0 Å². The van der Waals surface area contributed by atoms with Gasteiger partial charge in [0.2, 0.25) is 0 Å². The Kier molecular flexibility index (Phi) is 6.83. The fourth-order valence-corrected chi connectivity index (χ4v) is 7.13. The van der Waals surface area contributed by atoms with Gasteiger partial charge in [0.05, 0.1) is 11.4 Å². The topological polar surface area (TPSA) is 3.24 Å². The van der Waals surface area contributed by atoms with Gasteiger partial charge in [-0.3, -0.25) is 0 Å². The third-order valence-electron chi connectivity index (χ3n) is 8.21. The molecule has 0 unspecified atom stereocenters. The molecule has 7 aromatic carbocycles. The minimum Gasteiger partial charge on any atom is -0.308 e. The van der Waals surface area contributed by atoms with Crippen LogP contribution >= 0.6 is 11.8 Å². The molecule has 7 aromatic rings. The summed E-state index contributed by atoms with van der Waals surface area (Å²) in [6, 6.07) is 63.5. The minimum atomic E-state index is 1.16. The predicted molar refractivity (Wildman–Crippen MR) is 187 cm³/mol. The number of para-hydroxylation sites is 2. The highest BCUT2D eigenvalue weighted by Crippen LogP contribution is 2.51. The lowest BCUT2D eigenvalue weighted by Crippen LogP contribution is -2.14. The van der Waals surface area contributed by atoms with Gasteiger partial charge in [-0.25, -0.2) is 0 Å². The quantitative estimate of drug-likeness (QED) is 0.199. The lowest BCUT2D eigenvalue weighted by atomic mass is 9.92. The summed E-state index contributed by atoms with van der Waals surface area (Å²) in [5.41, 5.74) is 13.3. The van der Waals surface area contributed by atoms with E-state index < -0.39 is 0 Å². The van der Waals surface area contributed by atoms with E-state index in [-0.39, 0.29) is 0 Å². The molecule has 1 nitrogen and oxygen atoms in total. The second kappa shape index (κ2) is 11.4. The number of fused-ring (bicyclic) bond motifs is 2. The van der Waals surface area contributed by atoms with Crippen molar-refractivity contribution >= 4 is 28.8 Å². The highest BCUT2D eigenvalue weighted by molar-refractivity contribution is 7.99. The van der Waals surface area contributed by atoms with Crippen molar-refractivity contribution in [3.05, 3.63) is 176 Å². The Hall–Kier alpha value is -5.31. The third-order valence-corrected chi connectivity index (χ3v) is 9.34. The fourth-order valence-electron chi connectivity index (χ4n) is 6.07. The van der Waals surface area contributed by atoms with Gasteiger partial charge in [-0.2, -0.15) is 0 Å². The summed E-state index contributed by atoms with van der Waals surface area (Å²) >= 11 is 1.84. The summed E-state index contributed by atoms with van der Waals surface area (Å²) in [6.07, 6.45) is 0. The molecule has 8 rings (SSSR count). The minimum absolute atomic E-state index is 1.16. The van der Waals surface area contributed by atoms with Gasteiger partial charge in [-0.1, -0.05) is 127 Å². The normalized spacial score (nSPS) is 12.0. The maximum atomic E-state index is 2.39. The average Bonchev–Trinajstić information content (AvgIpc) is 3.11. The standard InChI is InChI=1S/C42H29NS/c1-3-13-30(14-4-1)35-26-36(31-15-5-2-6-16-31)28-37(27-35)33-18-11-17-32(25-33)34-19-12-20-38(29-34)43-39-21-7-9-23-41(39)44-42-24-10-8-22-40(42)43/h1-29H. The largest absolute Gasteiger partial charge is 0.308 e. The van der Waals surface area contributed by atoms with E-state index in [1.165, 1.54) is 65.7 Å². The van der Waals surface area contributed by atoms with Crippen molar-refractivity contribution in [2.24, 2.45) is 0 Å². The van der Waals surface area contributed by atoms with E-state index in [1.807, 2.05) is 11.8 Å². The van der Waals surface area contributed by atoms with Gasteiger partial charge in [0.1, 0.15) is 0 Å². The number of anilines is 3. The Labute approximate surface area is 263 Å². The van der Waals surface area contributed by atoms with Crippen LogP contribution in [0.15, 0.2) is 186 Å². The highest BCUT2D eigenvalue weighted by atomic mass is 32.2. The Morgan fingerprint density at radius 1 is 0.295 bits per heavy atom. The van der Waals surface area contributed by atoms with Crippen LogP contribution in [0.25, 0.3) is 44.5 Å². The van der Waals surface area contributed by atoms with Crippen molar-refractivity contribution in [3.8, 4) is 44.5 Å². The number of benzene rings is 7. The first-order chi connectivity index (χ1) is 21.8. The summed E-state index contributed by atoms with van der Waals surface area (Å²) in [7, 11) is 0. The van der Waals surface area contributed by atoms with Gasteiger partial charge in [0.15, 0.2) is 0 Å². The molecule has 1 heterocycles. The molecule has 2 heteroatoms. The van der Waals surface area contributed by atoms with E-state index in [0.717, 1.165) is 5.69 Å². The molecule has 44 heavy (non-hydrogen) atoms. The molecule has 0 atom stereocenters. The monoisotopic (exact) mass is 579 g/mol. The van der Waals surface area contributed by atoms with E-state index in [4.69, 9.17) is 0 Å². The third kappa shape index (κ3) is 5.00. The van der Waals surface area contributed by atoms with Gasteiger partial charge >= 0.3 is 0 Å². The number of hydrogen-bond acceptors (Lipinski definition) is 2. The van der Waals surface area contributed by atoms with Crippen LogP contribution in [0, 0.1) is 0 Å². The summed E-state index contributed by atoms with van der Waals surface area (Å²) < 4.78 is 0. The Morgan fingerprint density at radius 2 is 0.682 bits per heavy atom. The van der Waals surface area contributed by atoms with Gasteiger partial charge in [0.25, 0.3) is 0 Å². The molecule has 0 amide bonds. The zero-order valence-electron chi connectivity index (χ0n) is 24.1. The second-order valence-corrected chi connectivity index (χ2v) is 12.1. The summed E-state index contributed by atoms with van der Waals surface area (Å²) in [5, 5.41) is 0. The zero-order chi connectivity index (χ0) is 29.3. The van der Waals surface area contributed by atoms with Crippen LogP contribution in [0.2, 0.25) is 0 Å². The summed E-state index contributed by atoms with van der Waals surface area (Å²) in [4.78, 5) is 4.93. The van der Waals surface area contributed by atoms with Crippen LogP contribution in [0.4, 0.5) is 17.1 Å². The molecule has 0 radical (unpaired) electrons. The summed E-state index contributed by atoms with van der Waals surface area (Å²) in [5.74, 6) is 0. The molecule has 0 N–H and O–H groups in total. The average molecular weight is 580 g/mol. The second-order valence-electron chi connectivity index (χ2n) is 11.0. The van der Waals surface area contributed by atoms with Crippen molar-refractivity contribution in [1.82, 2.24) is 0 Å². The molecule has 208 valence electrons. The molecule has 0 aliphatic carbocycles. The first-order valence-corrected chi connectivity index (χ1v) is 15.7. The van der Waals surface area contributed by atoms with Gasteiger partial charge in [0, 0.05) is 15.5 Å². The molecule has 0 bridgehead atoms. The predicted octanol–water partition coefficient (Wildman–Crippen LogP) is 12.3. The van der Waals surface area contributed by atoms with E-state index >= 15 is 0 Å². The van der Waals surface area contributed by atoms with Crippen molar-refractivity contribution in [3.63, 3.8) is 0 Å². The number of rotatable bonds is 5. The van der Waals surface area contributed by atoms with Crippen molar-refractivity contribution in [2.75, 3.05) is 4.90 Å². The van der Waals surface area contributed by atoms with Crippen molar-refractivity contribution < 1.29 is 0 Å². The zero-order valence-corrected chi connectivity index (χ0v) is 24.9. The van der Waals surface area contributed by atoms with Crippen LogP contribution in [-0.2, 0) is 0 Å². The van der Waals surface area contributed by atoms with E-state index in [0.29, 0.717) is 0 Å². The maximum absolute atomic E-state index is 2.39. The lowest BCUT2D eigenvalue weighted by Gasteiger charge is -2.33. The summed E-state index contributed by atoms with van der Waals surface area (Å²) in [6.45, 7) is 0. The smallest absolute Gasteiger partial charge is 0.0601 e. The van der Waals surface area contributed by atoms with E-state index in [1.54, 1.807) is 0 Å². The van der Waals surface area contributed by atoms with Crippen LogP contribution in [-0.4, -0.2) is 0 Å². The van der Waals surface area contributed by atoms with Crippen LogP contribution in [0.3, 0.4) is 0 Å². The van der Waals surface area contributed by atoms with Crippen molar-refractivity contribution in [1.29, 1.82) is 0 Å². The first kappa shape index (κ1) is 26.3. The Morgan fingerprint density at radius 3 is 1.25 bits per heavy atom. The van der Waals surface area contributed by atoms with E-state index in [2.05, 4.69) is 181 Å². The molecule has 0 aromatic heterocycles. The Bertz CT molecular complexity index is 2000. The molecule has 0 saturated heterocycles. The van der Waals surface area contributed by atoms with Crippen LogP contribution < -0.4 is 4.90 Å². The van der Waals surface area contributed by atoms with Crippen LogP contribution in [0.1, 0.15) is 0 Å². The van der Waals surface area contributed by atoms with Crippen molar-refractivity contribution in [2.45, 2.75) is 9.79 Å². The molecular formula is C42H29NS. The number of hydrogen-bond donors (Lipinski definition) is 0. The van der Waals surface area contributed by atoms with E-state index in [9.17, 15) is 0 Å². The van der Waals surface area contributed by atoms with Gasteiger partial charge < -0.3 is 4.90 Å². The number of nitrogens with zero attached hydrogens (tertiary/aromatic N) is 1. The SMILES string of the molecule is c1ccc(-c2cc(-c3ccccc3)cc(-c3cccc(-c4cccc(N5c6ccccc6Sc6ccccc65)c4)c3)c2)cc1. The molecular weight excluding hydrogens is 551 g/mol. The first-order valence-electron chi connectivity index (χ1n) is 14.9. The highest BCUT2D eigenvalue weighted by Gasteiger charge is 2.24. The maximum Gasteiger partial charge on any atom is 0.0601 e. The molecule has 1 aliphatic rings. The molecule has 0 fully saturated rings. The Balaban J connectivity index is 1.22. The van der Waals surface area contributed by atoms with Gasteiger partial charge in [-0.05, 0) is 105 Å². The molecule has 0 spiro atoms. The molecule has 0 saturated carbocycles. The van der Waals surface area contributed by atoms with Gasteiger partial charge in [-0.15, -0.1) is 0 Å². The molecule has 1 aliphatic heterocycles. The fraction of sp³-hybridized carbons (Fsp3) is 0.